The van der Waals surface area contributed by atoms with E-state index < -0.39 is 0 Å². The highest BCUT2D eigenvalue weighted by Gasteiger charge is 2.41. The molecule has 1 aromatic heterocycles. The van der Waals surface area contributed by atoms with Crippen LogP contribution in [0.4, 0.5) is 0 Å². The maximum absolute atomic E-state index is 9.32. The fourth-order valence-electron chi connectivity index (χ4n) is 2.26. The van der Waals surface area contributed by atoms with E-state index in [4.69, 9.17) is 5.73 Å². The zero-order valence-electron chi connectivity index (χ0n) is 8.28. The second-order valence-corrected chi connectivity index (χ2v) is 5.18. The first-order valence-electron chi connectivity index (χ1n) is 5.13. The van der Waals surface area contributed by atoms with Gasteiger partial charge in [0.15, 0.2) is 0 Å². The van der Waals surface area contributed by atoms with Crippen molar-refractivity contribution in [3.8, 4) is 0 Å². The van der Waals surface area contributed by atoms with Crippen LogP contribution in [-0.4, -0.2) is 17.8 Å². The summed E-state index contributed by atoms with van der Waals surface area (Å²) in [6.45, 7) is 0.716. The Labute approximate surface area is 88.8 Å². The van der Waals surface area contributed by atoms with Gasteiger partial charge in [-0.15, -0.1) is 0 Å². The van der Waals surface area contributed by atoms with E-state index in [0.29, 0.717) is 6.54 Å². The monoisotopic (exact) mass is 211 g/mol. The van der Waals surface area contributed by atoms with Crippen LogP contribution in [0, 0.1) is 5.41 Å². The van der Waals surface area contributed by atoms with E-state index in [2.05, 4.69) is 16.8 Å². The summed E-state index contributed by atoms with van der Waals surface area (Å²) < 4.78 is 0. The smallest absolute Gasteiger partial charge is 0.0551 e. The van der Waals surface area contributed by atoms with E-state index in [9.17, 15) is 5.11 Å². The Morgan fingerprint density at radius 3 is 2.86 bits per heavy atom. The standard InChI is InChI=1S/C11H17NOS/c12-8-11(5-10(13)6-11)3-1-9-2-4-14-7-9/h2,4,7,10,13H,1,3,5-6,8,12H2. The third-order valence-corrected chi connectivity index (χ3v) is 4.03. The van der Waals surface area contributed by atoms with Gasteiger partial charge in [0.05, 0.1) is 6.10 Å². The van der Waals surface area contributed by atoms with Crippen LogP contribution in [0.2, 0.25) is 0 Å². The van der Waals surface area contributed by atoms with Crippen molar-refractivity contribution in [2.45, 2.75) is 31.8 Å². The van der Waals surface area contributed by atoms with Gasteiger partial charge >= 0.3 is 0 Å². The molecular formula is C11H17NOS. The molecule has 0 atom stereocenters. The lowest BCUT2D eigenvalue weighted by atomic mass is 9.64. The molecule has 3 heteroatoms. The molecule has 0 aromatic carbocycles. The van der Waals surface area contributed by atoms with E-state index in [1.165, 1.54) is 5.56 Å². The molecule has 0 unspecified atom stereocenters. The zero-order chi connectivity index (χ0) is 10.0. The van der Waals surface area contributed by atoms with Crippen molar-refractivity contribution >= 4 is 11.3 Å². The van der Waals surface area contributed by atoms with Gasteiger partial charge in [-0.25, -0.2) is 0 Å². The molecule has 0 amide bonds. The van der Waals surface area contributed by atoms with Gasteiger partial charge in [-0.3, -0.25) is 0 Å². The molecule has 78 valence electrons. The average molecular weight is 211 g/mol. The predicted molar refractivity (Wildman–Crippen MR) is 59.4 cm³/mol. The second-order valence-electron chi connectivity index (χ2n) is 4.40. The minimum Gasteiger partial charge on any atom is -0.393 e. The predicted octanol–water partition coefficient (Wildman–Crippen LogP) is 1.78. The largest absolute Gasteiger partial charge is 0.393 e. The lowest BCUT2D eigenvalue weighted by Crippen LogP contribution is -2.46. The Balaban J connectivity index is 1.85. The molecule has 1 aromatic rings. The van der Waals surface area contributed by atoms with Crippen molar-refractivity contribution in [1.29, 1.82) is 0 Å². The number of rotatable bonds is 4. The topological polar surface area (TPSA) is 46.2 Å². The maximum Gasteiger partial charge on any atom is 0.0551 e. The van der Waals surface area contributed by atoms with E-state index in [-0.39, 0.29) is 11.5 Å². The van der Waals surface area contributed by atoms with E-state index >= 15 is 0 Å². The summed E-state index contributed by atoms with van der Waals surface area (Å²) >= 11 is 1.74. The molecule has 2 nitrogen and oxygen atoms in total. The number of hydrogen-bond donors (Lipinski definition) is 2. The van der Waals surface area contributed by atoms with Crippen molar-refractivity contribution in [2.24, 2.45) is 11.1 Å². The SMILES string of the molecule is NCC1(CCc2ccsc2)CC(O)C1. The quantitative estimate of drug-likeness (QED) is 0.797. The van der Waals surface area contributed by atoms with Gasteiger partial charge < -0.3 is 10.8 Å². The van der Waals surface area contributed by atoms with Crippen molar-refractivity contribution in [1.82, 2.24) is 0 Å². The third-order valence-electron chi connectivity index (χ3n) is 3.29. The highest BCUT2D eigenvalue weighted by atomic mass is 32.1. The zero-order valence-corrected chi connectivity index (χ0v) is 9.09. The first-order valence-corrected chi connectivity index (χ1v) is 6.08. The summed E-state index contributed by atoms with van der Waals surface area (Å²) in [5, 5.41) is 13.6. The number of thiophene rings is 1. The highest BCUT2D eigenvalue weighted by Crippen LogP contribution is 2.43. The average Bonchev–Trinajstić information content (AvgIpc) is 2.63. The Morgan fingerprint density at radius 1 is 1.57 bits per heavy atom. The normalized spacial score (nSPS) is 31.4. The number of aliphatic hydroxyl groups is 1. The minimum absolute atomic E-state index is 0.0963. The van der Waals surface area contributed by atoms with Gasteiger partial charge in [0, 0.05) is 0 Å². The summed E-state index contributed by atoms with van der Waals surface area (Å²) in [7, 11) is 0. The number of aryl methyl sites for hydroxylation is 1. The lowest BCUT2D eigenvalue weighted by Gasteiger charge is -2.45. The van der Waals surface area contributed by atoms with Gasteiger partial charge in [0.25, 0.3) is 0 Å². The molecule has 2 rings (SSSR count). The number of nitrogens with two attached hydrogens (primary N) is 1. The van der Waals surface area contributed by atoms with E-state index in [1.807, 2.05) is 0 Å². The van der Waals surface area contributed by atoms with Crippen molar-refractivity contribution < 1.29 is 5.11 Å². The Morgan fingerprint density at radius 2 is 2.36 bits per heavy atom. The van der Waals surface area contributed by atoms with Crippen molar-refractivity contribution in [3.05, 3.63) is 22.4 Å². The minimum atomic E-state index is -0.0963. The van der Waals surface area contributed by atoms with E-state index in [1.54, 1.807) is 11.3 Å². The molecule has 3 N–H and O–H groups in total. The summed E-state index contributed by atoms with van der Waals surface area (Å²) in [6, 6.07) is 2.17. The highest BCUT2D eigenvalue weighted by molar-refractivity contribution is 7.07. The molecule has 1 aliphatic rings. The molecule has 14 heavy (non-hydrogen) atoms. The summed E-state index contributed by atoms with van der Waals surface area (Å²) in [5.74, 6) is 0. The molecule has 0 aliphatic heterocycles. The van der Waals surface area contributed by atoms with Crippen LogP contribution in [0.3, 0.4) is 0 Å². The summed E-state index contributed by atoms with van der Waals surface area (Å²) in [6.07, 6.45) is 3.92. The number of hydrogen-bond acceptors (Lipinski definition) is 3. The van der Waals surface area contributed by atoms with Gasteiger partial charge in [-0.1, -0.05) is 0 Å². The first kappa shape index (κ1) is 10.1. The maximum atomic E-state index is 9.32. The van der Waals surface area contributed by atoms with Crippen LogP contribution in [0.15, 0.2) is 16.8 Å². The molecule has 1 aliphatic carbocycles. The molecule has 0 spiro atoms. The molecular weight excluding hydrogens is 194 g/mol. The van der Waals surface area contributed by atoms with Crippen LogP contribution >= 0.6 is 11.3 Å². The van der Waals surface area contributed by atoms with Crippen LogP contribution in [0.1, 0.15) is 24.8 Å². The van der Waals surface area contributed by atoms with Crippen LogP contribution in [0.25, 0.3) is 0 Å². The molecule has 1 saturated carbocycles. The number of aliphatic hydroxyl groups excluding tert-OH is 1. The van der Waals surface area contributed by atoms with Gasteiger partial charge in [0.2, 0.25) is 0 Å². The fraction of sp³-hybridized carbons (Fsp3) is 0.636. The third kappa shape index (κ3) is 2.00. The van der Waals surface area contributed by atoms with Crippen LogP contribution in [-0.2, 0) is 6.42 Å². The molecule has 1 fully saturated rings. The van der Waals surface area contributed by atoms with E-state index in [0.717, 1.165) is 25.7 Å². The Hall–Kier alpha value is -0.380. The van der Waals surface area contributed by atoms with Gasteiger partial charge in [-0.2, -0.15) is 11.3 Å². The molecule has 0 bridgehead atoms. The Kier molecular flexibility index (Phi) is 2.91. The van der Waals surface area contributed by atoms with Crippen LogP contribution < -0.4 is 5.73 Å². The lowest BCUT2D eigenvalue weighted by molar-refractivity contribution is -0.0311. The first-order chi connectivity index (χ1) is 6.74. The second kappa shape index (κ2) is 4.01. The summed E-state index contributed by atoms with van der Waals surface area (Å²) in [5.41, 5.74) is 7.41. The fourth-order valence-corrected chi connectivity index (χ4v) is 2.96. The molecule has 1 heterocycles. The summed E-state index contributed by atoms with van der Waals surface area (Å²) in [4.78, 5) is 0. The van der Waals surface area contributed by atoms with Crippen LogP contribution in [0.5, 0.6) is 0 Å². The molecule has 0 radical (unpaired) electrons. The van der Waals surface area contributed by atoms with Crippen molar-refractivity contribution in [2.75, 3.05) is 6.54 Å². The molecule has 0 saturated heterocycles. The van der Waals surface area contributed by atoms with Crippen molar-refractivity contribution in [3.63, 3.8) is 0 Å². The Bertz CT molecular complexity index is 277. The van der Waals surface area contributed by atoms with Gasteiger partial charge in [0.1, 0.15) is 0 Å². The van der Waals surface area contributed by atoms with Gasteiger partial charge in [-0.05, 0) is 60.0 Å².